The van der Waals surface area contributed by atoms with Crippen molar-refractivity contribution in [3.8, 4) is 0 Å². The number of benzene rings is 1. The molecule has 0 spiro atoms. The first-order valence-corrected chi connectivity index (χ1v) is 6.52. The van der Waals surface area contributed by atoms with Crippen LogP contribution in [0.4, 0.5) is 5.69 Å². The number of anilines is 1. The number of amides is 1. The van der Waals surface area contributed by atoms with Crippen molar-refractivity contribution >= 4 is 23.4 Å². The number of nitrogen functional groups attached to an aromatic ring is 1. The summed E-state index contributed by atoms with van der Waals surface area (Å²) in [6.45, 7) is 8.90. The molecule has 0 saturated heterocycles. The topological polar surface area (TPSA) is 55.1 Å². The van der Waals surface area contributed by atoms with Gasteiger partial charge in [0.05, 0.1) is 0 Å². The lowest BCUT2D eigenvalue weighted by molar-refractivity contribution is 0.0955. The number of rotatable bonds is 3. The Kier molecular flexibility index (Phi) is 4.46. The molecule has 94 valence electrons. The molecule has 17 heavy (non-hydrogen) atoms. The number of thioether (sulfide) groups is 1. The quantitative estimate of drug-likeness (QED) is 0.642. The smallest absolute Gasteiger partial charge is 0.251 e. The third-order valence-corrected chi connectivity index (χ3v) is 3.22. The summed E-state index contributed by atoms with van der Waals surface area (Å²) in [6.07, 6.45) is 0. The minimum absolute atomic E-state index is 0.0525. The van der Waals surface area contributed by atoms with Gasteiger partial charge in [-0.25, -0.2) is 0 Å². The zero-order valence-corrected chi connectivity index (χ0v) is 11.6. The molecule has 0 aromatic heterocycles. The number of nitrogens with one attached hydrogen (secondary N) is 1. The van der Waals surface area contributed by atoms with Gasteiger partial charge in [-0.2, -0.15) is 0 Å². The van der Waals surface area contributed by atoms with Crippen molar-refractivity contribution in [3.63, 3.8) is 0 Å². The van der Waals surface area contributed by atoms with Gasteiger partial charge in [0.25, 0.3) is 5.91 Å². The number of carbonyl (C=O) groups is 1. The van der Waals surface area contributed by atoms with Gasteiger partial charge in [0.15, 0.2) is 0 Å². The van der Waals surface area contributed by atoms with Gasteiger partial charge in [-0.3, -0.25) is 4.79 Å². The maximum absolute atomic E-state index is 11.7. The van der Waals surface area contributed by atoms with E-state index in [0.717, 1.165) is 10.6 Å². The summed E-state index contributed by atoms with van der Waals surface area (Å²) in [4.78, 5) is 12.7. The third-order valence-electron chi connectivity index (χ3n) is 2.03. The summed E-state index contributed by atoms with van der Waals surface area (Å²) in [5.41, 5.74) is 7.30. The summed E-state index contributed by atoms with van der Waals surface area (Å²) in [5, 5.41) is 2.78. The van der Waals surface area contributed by atoms with Crippen LogP contribution in [0.15, 0.2) is 23.1 Å². The fraction of sp³-hybridized carbons (Fsp3) is 0.462. The average molecular weight is 252 g/mol. The first-order chi connectivity index (χ1) is 7.83. The molecule has 0 saturated carbocycles. The van der Waals surface area contributed by atoms with Gasteiger partial charge in [0.1, 0.15) is 0 Å². The monoisotopic (exact) mass is 252 g/mol. The third kappa shape index (κ3) is 4.30. The van der Waals surface area contributed by atoms with Crippen LogP contribution in [0.1, 0.15) is 38.1 Å². The van der Waals surface area contributed by atoms with Gasteiger partial charge in [-0.05, 0) is 25.1 Å². The minimum atomic E-state index is -0.0525. The SMILES string of the molecule is CCNC(=O)c1ccc(N)c(SC(C)(C)C)c1. The molecule has 0 bridgehead atoms. The van der Waals surface area contributed by atoms with Gasteiger partial charge in [-0.15, -0.1) is 11.8 Å². The Labute approximate surface area is 107 Å². The van der Waals surface area contributed by atoms with E-state index in [0.29, 0.717) is 12.1 Å². The molecule has 0 radical (unpaired) electrons. The highest BCUT2D eigenvalue weighted by atomic mass is 32.2. The predicted octanol–water partition coefficient (Wildman–Crippen LogP) is 2.91. The van der Waals surface area contributed by atoms with Crippen molar-refractivity contribution in [2.24, 2.45) is 0 Å². The molecule has 0 atom stereocenters. The van der Waals surface area contributed by atoms with E-state index in [1.165, 1.54) is 0 Å². The maximum Gasteiger partial charge on any atom is 0.251 e. The van der Waals surface area contributed by atoms with Crippen LogP contribution in [-0.4, -0.2) is 17.2 Å². The van der Waals surface area contributed by atoms with Crippen LogP contribution in [0.25, 0.3) is 0 Å². The molecule has 1 amide bonds. The molecule has 3 nitrogen and oxygen atoms in total. The van der Waals surface area contributed by atoms with Crippen LogP contribution in [0.3, 0.4) is 0 Å². The molecular weight excluding hydrogens is 232 g/mol. The molecule has 1 rings (SSSR count). The van der Waals surface area contributed by atoms with E-state index >= 15 is 0 Å². The minimum Gasteiger partial charge on any atom is -0.398 e. The normalized spacial score (nSPS) is 11.3. The number of hydrogen-bond donors (Lipinski definition) is 2. The fourth-order valence-electron chi connectivity index (χ4n) is 1.36. The zero-order valence-electron chi connectivity index (χ0n) is 10.8. The summed E-state index contributed by atoms with van der Waals surface area (Å²) < 4.78 is 0.0774. The largest absolute Gasteiger partial charge is 0.398 e. The van der Waals surface area contributed by atoms with Crippen molar-refractivity contribution in [2.45, 2.75) is 37.3 Å². The van der Waals surface area contributed by atoms with Gasteiger partial charge < -0.3 is 11.1 Å². The molecule has 0 aliphatic heterocycles. The maximum atomic E-state index is 11.7. The van der Waals surface area contributed by atoms with Crippen molar-refractivity contribution < 1.29 is 4.79 Å². The second kappa shape index (κ2) is 5.45. The summed E-state index contributed by atoms with van der Waals surface area (Å²) >= 11 is 1.67. The molecule has 1 aromatic carbocycles. The highest BCUT2D eigenvalue weighted by Gasteiger charge is 2.15. The van der Waals surface area contributed by atoms with E-state index in [1.807, 2.05) is 13.0 Å². The first kappa shape index (κ1) is 13.9. The molecule has 3 N–H and O–H groups in total. The Balaban J connectivity index is 2.98. The summed E-state index contributed by atoms with van der Waals surface area (Å²) in [5.74, 6) is -0.0525. The Hall–Kier alpha value is -1.16. The Bertz CT molecular complexity index is 410. The van der Waals surface area contributed by atoms with Crippen LogP contribution in [0.2, 0.25) is 0 Å². The predicted molar refractivity (Wildman–Crippen MR) is 74.5 cm³/mol. The van der Waals surface area contributed by atoms with E-state index in [2.05, 4.69) is 26.1 Å². The second-order valence-electron chi connectivity index (χ2n) is 4.83. The summed E-state index contributed by atoms with van der Waals surface area (Å²) in [6, 6.07) is 5.40. The Morgan fingerprint density at radius 1 is 1.41 bits per heavy atom. The Morgan fingerprint density at radius 3 is 2.59 bits per heavy atom. The van der Waals surface area contributed by atoms with Gasteiger partial charge >= 0.3 is 0 Å². The number of carbonyl (C=O) groups excluding carboxylic acids is 1. The molecule has 0 unspecified atom stereocenters. The highest BCUT2D eigenvalue weighted by Crippen LogP contribution is 2.35. The molecular formula is C13H20N2OS. The lowest BCUT2D eigenvalue weighted by Crippen LogP contribution is -2.22. The van der Waals surface area contributed by atoms with Crippen molar-refractivity contribution in [1.82, 2.24) is 5.32 Å². The second-order valence-corrected chi connectivity index (χ2v) is 6.70. The highest BCUT2D eigenvalue weighted by molar-refractivity contribution is 8.00. The lowest BCUT2D eigenvalue weighted by Gasteiger charge is -2.19. The van der Waals surface area contributed by atoms with Crippen LogP contribution in [-0.2, 0) is 0 Å². The summed E-state index contributed by atoms with van der Waals surface area (Å²) in [7, 11) is 0. The van der Waals surface area contributed by atoms with E-state index in [-0.39, 0.29) is 10.7 Å². The van der Waals surface area contributed by atoms with E-state index in [9.17, 15) is 4.79 Å². The fourth-order valence-corrected chi connectivity index (χ4v) is 2.39. The standard InChI is InChI=1S/C13H20N2OS/c1-5-15-12(16)9-6-7-10(14)11(8-9)17-13(2,3)4/h6-8H,5,14H2,1-4H3,(H,15,16). The van der Waals surface area contributed by atoms with Crippen molar-refractivity contribution in [1.29, 1.82) is 0 Å². The average Bonchev–Trinajstić information content (AvgIpc) is 2.19. The molecule has 1 aromatic rings. The van der Waals surface area contributed by atoms with Crippen LogP contribution in [0, 0.1) is 0 Å². The molecule has 0 aliphatic rings. The van der Waals surface area contributed by atoms with Crippen molar-refractivity contribution in [2.75, 3.05) is 12.3 Å². The Morgan fingerprint density at radius 2 is 2.06 bits per heavy atom. The van der Waals surface area contributed by atoms with E-state index in [1.54, 1.807) is 23.9 Å². The van der Waals surface area contributed by atoms with Crippen LogP contribution in [0.5, 0.6) is 0 Å². The number of nitrogens with two attached hydrogens (primary N) is 1. The van der Waals surface area contributed by atoms with Crippen molar-refractivity contribution in [3.05, 3.63) is 23.8 Å². The van der Waals surface area contributed by atoms with Gasteiger partial charge in [-0.1, -0.05) is 20.8 Å². The molecule has 4 heteroatoms. The van der Waals surface area contributed by atoms with Gasteiger partial charge in [0.2, 0.25) is 0 Å². The van der Waals surface area contributed by atoms with Crippen LogP contribution < -0.4 is 11.1 Å². The molecule has 0 heterocycles. The number of hydrogen-bond acceptors (Lipinski definition) is 3. The van der Waals surface area contributed by atoms with E-state index in [4.69, 9.17) is 5.73 Å². The lowest BCUT2D eigenvalue weighted by atomic mass is 10.2. The molecule has 0 aliphatic carbocycles. The van der Waals surface area contributed by atoms with E-state index < -0.39 is 0 Å². The van der Waals surface area contributed by atoms with Crippen LogP contribution >= 0.6 is 11.8 Å². The molecule has 0 fully saturated rings. The van der Waals surface area contributed by atoms with Gasteiger partial charge in [0, 0.05) is 27.4 Å². The first-order valence-electron chi connectivity index (χ1n) is 5.70. The zero-order chi connectivity index (χ0) is 13.1.